The van der Waals surface area contributed by atoms with Gasteiger partial charge in [0.1, 0.15) is 0 Å². The van der Waals surface area contributed by atoms with Crippen LogP contribution in [0.1, 0.15) is 90.9 Å². The summed E-state index contributed by atoms with van der Waals surface area (Å²) in [5, 5.41) is 0. The van der Waals surface area contributed by atoms with Crippen molar-refractivity contribution in [3.05, 3.63) is 0 Å². The zero-order valence-corrected chi connectivity index (χ0v) is 15.7. The second-order valence-corrected chi connectivity index (χ2v) is 11.5. The van der Waals surface area contributed by atoms with E-state index in [0.717, 1.165) is 8.87 Å². The summed E-state index contributed by atoms with van der Waals surface area (Å²) in [4.78, 5) is 0. The first-order valence-corrected chi connectivity index (χ1v) is 13.5. The van der Waals surface area contributed by atoms with E-state index >= 15 is 0 Å². The summed E-state index contributed by atoms with van der Waals surface area (Å²) in [6, 6.07) is 0. The van der Waals surface area contributed by atoms with Gasteiger partial charge in [-0.15, -0.1) is 0 Å². The summed E-state index contributed by atoms with van der Waals surface area (Å²) in [6.07, 6.45) is 16.0. The van der Waals surface area contributed by atoms with Crippen LogP contribution in [0, 0.1) is 0 Å². The Morgan fingerprint density at radius 1 is 0.556 bits per heavy atom. The zero-order chi connectivity index (χ0) is 13.5. The van der Waals surface area contributed by atoms with Gasteiger partial charge in [0.15, 0.2) is 0 Å². The molecule has 0 heterocycles. The van der Waals surface area contributed by atoms with Crippen molar-refractivity contribution in [2.75, 3.05) is 0 Å². The molecule has 0 bridgehead atoms. The Bertz CT molecular complexity index is 162. The molecule has 108 valence electrons. The number of hydrogen-bond acceptors (Lipinski definition) is 1. The maximum atomic E-state index is 11.9. The summed E-state index contributed by atoms with van der Waals surface area (Å²) < 4.78 is 14.1. The standard InChI is InChI=1S/2C8H17.O.Sn/c2*1-3-5-7-8-6-4-2;;/h2*1,3-8H2,2H3;;. The van der Waals surface area contributed by atoms with Crippen LogP contribution in [0.2, 0.25) is 8.87 Å². The molecule has 1 nitrogen and oxygen atoms in total. The summed E-state index contributed by atoms with van der Waals surface area (Å²) in [5.74, 6) is 0. The van der Waals surface area contributed by atoms with Gasteiger partial charge < -0.3 is 0 Å². The van der Waals surface area contributed by atoms with Crippen LogP contribution in [0.3, 0.4) is 0 Å². The fraction of sp³-hybridized carbons (Fsp3) is 1.00. The monoisotopic (exact) mass is 362 g/mol. The molecule has 0 aliphatic rings. The number of rotatable bonds is 14. The molecule has 0 N–H and O–H groups in total. The fourth-order valence-corrected chi connectivity index (χ4v) is 6.72. The van der Waals surface area contributed by atoms with Gasteiger partial charge in [0.05, 0.1) is 0 Å². The molecule has 0 radical (unpaired) electrons. The third kappa shape index (κ3) is 14.7. The van der Waals surface area contributed by atoms with Crippen LogP contribution < -0.4 is 0 Å². The third-order valence-electron chi connectivity index (χ3n) is 3.62. The van der Waals surface area contributed by atoms with Gasteiger partial charge in [0.25, 0.3) is 0 Å². The second kappa shape index (κ2) is 15.7. The number of hydrogen-bond donors (Lipinski definition) is 0. The number of unbranched alkanes of at least 4 members (excludes halogenated alkanes) is 10. The van der Waals surface area contributed by atoms with Gasteiger partial charge in [0.2, 0.25) is 0 Å². The van der Waals surface area contributed by atoms with Crippen LogP contribution in [0.5, 0.6) is 0 Å². The summed E-state index contributed by atoms with van der Waals surface area (Å²) >= 11 is -2.11. The minimum atomic E-state index is -2.11. The SMILES string of the molecule is CCCCCCC[CH2][Sn](=[O])[CH2]CCCCCCC. The molecule has 18 heavy (non-hydrogen) atoms. The average molecular weight is 361 g/mol. The van der Waals surface area contributed by atoms with Crippen molar-refractivity contribution in [1.29, 1.82) is 0 Å². The first-order chi connectivity index (χ1) is 8.81. The van der Waals surface area contributed by atoms with Crippen LogP contribution in [0.4, 0.5) is 0 Å². The Morgan fingerprint density at radius 3 is 1.28 bits per heavy atom. The molecule has 0 amide bonds. The molecule has 0 aliphatic carbocycles. The Morgan fingerprint density at radius 2 is 0.889 bits per heavy atom. The molecule has 2 heteroatoms. The Hall–Kier alpha value is 0.599. The molecule has 0 aromatic heterocycles. The van der Waals surface area contributed by atoms with E-state index in [2.05, 4.69) is 13.8 Å². The molecule has 0 saturated heterocycles. The molecule has 0 saturated carbocycles. The van der Waals surface area contributed by atoms with E-state index in [0.29, 0.717) is 0 Å². The van der Waals surface area contributed by atoms with E-state index < -0.39 is 19.7 Å². The molecule has 0 atom stereocenters. The van der Waals surface area contributed by atoms with Crippen molar-refractivity contribution in [1.82, 2.24) is 0 Å². The molecule has 0 spiro atoms. The predicted molar refractivity (Wildman–Crippen MR) is 82.8 cm³/mol. The first kappa shape index (κ1) is 18.6. The molecule has 0 aromatic rings. The molecular weight excluding hydrogens is 327 g/mol. The van der Waals surface area contributed by atoms with E-state index in [1.807, 2.05) is 0 Å². The Balaban J connectivity index is 3.12. The maximum absolute atomic E-state index is 11.9. The Kier molecular flexibility index (Phi) is 16.2. The molecule has 0 aromatic carbocycles. The van der Waals surface area contributed by atoms with E-state index in [1.165, 1.54) is 77.0 Å². The second-order valence-electron chi connectivity index (χ2n) is 5.57. The van der Waals surface area contributed by atoms with E-state index in [1.54, 1.807) is 0 Å². The summed E-state index contributed by atoms with van der Waals surface area (Å²) in [5.41, 5.74) is 0. The quantitative estimate of drug-likeness (QED) is 0.269. The minimum absolute atomic E-state index is 1.11. The fourth-order valence-electron chi connectivity index (χ4n) is 2.33. The zero-order valence-electron chi connectivity index (χ0n) is 12.8. The van der Waals surface area contributed by atoms with Gasteiger partial charge in [-0.25, -0.2) is 0 Å². The molecule has 0 rings (SSSR count). The molecule has 0 unspecified atom stereocenters. The normalized spacial score (nSPS) is 10.8. The van der Waals surface area contributed by atoms with Crippen molar-refractivity contribution in [3.8, 4) is 0 Å². The van der Waals surface area contributed by atoms with E-state index in [-0.39, 0.29) is 0 Å². The summed E-state index contributed by atoms with van der Waals surface area (Å²) in [6.45, 7) is 4.51. The van der Waals surface area contributed by atoms with Gasteiger partial charge in [-0.3, -0.25) is 0 Å². The van der Waals surface area contributed by atoms with Crippen molar-refractivity contribution in [3.63, 3.8) is 0 Å². The van der Waals surface area contributed by atoms with Gasteiger partial charge in [-0.2, -0.15) is 0 Å². The molecule has 0 aliphatic heterocycles. The third-order valence-corrected chi connectivity index (χ3v) is 8.82. The van der Waals surface area contributed by atoms with Crippen molar-refractivity contribution in [2.45, 2.75) is 99.8 Å². The van der Waals surface area contributed by atoms with Gasteiger partial charge >= 0.3 is 123 Å². The first-order valence-electron chi connectivity index (χ1n) is 8.33. The molecular formula is C16H34OSn. The van der Waals surface area contributed by atoms with Crippen LogP contribution >= 0.6 is 0 Å². The van der Waals surface area contributed by atoms with Crippen LogP contribution in [0.15, 0.2) is 0 Å². The predicted octanol–water partition coefficient (Wildman–Crippen LogP) is 6.13. The van der Waals surface area contributed by atoms with Crippen LogP contribution in [-0.2, 0) is 3.08 Å². The molecule has 0 fully saturated rings. The van der Waals surface area contributed by atoms with Crippen molar-refractivity contribution < 1.29 is 3.08 Å². The topological polar surface area (TPSA) is 17.1 Å². The van der Waals surface area contributed by atoms with Gasteiger partial charge in [-0.1, -0.05) is 0 Å². The van der Waals surface area contributed by atoms with Crippen LogP contribution in [0.25, 0.3) is 0 Å². The summed E-state index contributed by atoms with van der Waals surface area (Å²) in [7, 11) is 0. The van der Waals surface area contributed by atoms with E-state index in [4.69, 9.17) is 0 Å². The average Bonchev–Trinajstić information content (AvgIpc) is 2.38. The Labute approximate surface area is 122 Å². The van der Waals surface area contributed by atoms with Crippen molar-refractivity contribution in [2.24, 2.45) is 0 Å². The van der Waals surface area contributed by atoms with Crippen LogP contribution in [-0.4, -0.2) is 19.7 Å². The van der Waals surface area contributed by atoms with Gasteiger partial charge in [-0.05, 0) is 0 Å². The van der Waals surface area contributed by atoms with E-state index in [9.17, 15) is 3.08 Å². The van der Waals surface area contributed by atoms with Crippen molar-refractivity contribution >= 4 is 19.7 Å². The van der Waals surface area contributed by atoms with Gasteiger partial charge in [0, 0.05) is 0 Å².